The molecular weight excluding hydrogens is 138 g/mol. The van der Waals surface area contributed by atoms with E-state index in [0.29, 0.717) is 12.3 Å². The van der Waals surface area contributed by atoms with E-state index in [9.17, 15) is 4.79 Å². The largest absolute Gasteiger partial charge is 0.327 e. The summed E-state index contributed by atoms with van der Waals surface area (Å²) >= 11 is 0. The Labute approximate surface area is 68.2 Å². The summed E-state index contributed by atoms with van der Waals surface area (Å²) in [6.45, 7) is 1.65. The van der Waals surface area contributed by atoms with Crippen molar-refractivity contribution in [3.63, 3.8) is 0 Å². The SMILES string of the molecule is CC(=O)C[C@H]1CCCC[C@H]1N. The van der Waals surface area contributed by atoms with E-state index in [1.807, 2.05) is 0 Å². The second-order valence-corrected chi connectivity index (χ2v) is 3.61. The van der Waals surface area contributed by atoms with Gasteiger partial charge < -0.3 is 10.5 Å². The van der Waals surface area contributed by atoms with E-state index in [4.69, 9.17) is 5.73 Å². The van der Waals surface area contributed by atoms with Gasteiger partial charge >= 0.3 is 0 Å². The lowest BCUT2D eigenvalue weighted by Crippen LogP contribution is -2.34. The lowest BCUT2D eigenvalue weighted by molar-refractivity contribution is -0.118. The molecular formula is C9H17NO. The molecule has 0 spiro atoms. The smallest absolute Gasteiger partial charge is 0.130 e. The van der Waals surface area contributed by atoms with Gasteiger partial charge in [-0.25, -0.2) is 0 Å². The van der Waals surface area contributed by atoms with Gasteiger partial charge in [-0.1, -0.05) is 12.8 Å². The number of hydrogen-bond acceptors (Lipinski definition) is 2. The Kier molecular flexibility index (Phi) is 3.06. The van der Waals surface area contributed by atoms with Crippen LogP contribution in [-0.4, -0.2) is 11.8 Å². The Morgan fingerprint density at radius 3 is 2.64 bits per heavy atom. The fourth-order valence-electron chi connectivity index (χ4n) is 1.86. The minimum atomic E-state index is 0.285. The molecule has 0 heterocycles. The van der Waals surface area contributed by atoms with Crippen molar-refractivity contribution in [2.75, 3.05) is 0 Å². The molecule has 0 saturated heterocycles. The van der Waals surface area contributed by atoms with Gasteiger partial charge in [-0.2, -0.15) is 0 Å². The molecule has 0 radical (unpaired) electrons. The van der Waals surface area contributed by atoms with Gasteiger partial charge in [0.25, 0.3) is 0 Å². The van der Waals surface area contributed by atoms with E-state index in [1.165, 1.54) is 12.8 Å². The van der Waals surface area contributed by atoms with Crippen LogP contribution in [0.5, 0.6) is 0 Å². The fraction of sp³-hybridized carbons (Fsp3) is 0.889. The predicted octanol–water partition coefficient (Wildman–Crippen LogP) is 1.48. The van der Waals surface area contributed by atoms with Crippen molar-refractivity contribution in [3.05, 3.63) is 0 Å². The van der Waals surface area contributed by atoms with Crippen LogP contribution in [0.2, 0.25) is 0 Å². The highest BCUT2D eigenvalue weighted by Gasteiger charge is 2.22. The quantitative estimate of drug-likeness (QED) is 0.656. The number of carbonyl (C=O) groups excluding carboxylic acids is 1. The van der Waals surface area contributed by atoms with Gasteiger partial charge in [0.1, 0.15) is 5.78 Å². The monoisotopic (exact) mass is 155 g/mol. The summed E-state index contributed by atoms with van der Waals surface area (Å²) < 4.78 is 0. The highest BCUT2D eigenvalue weighted by Crippen LogP contribution is 2.25. The highest BCUT2D eigenvalue weighted by molar-refractivity contribution is 5.75. The molecule has 0 amide bonds. The zero-order chi connectivity index (χ0) is 8.27. The normalized spacial score (nSPS) is 31.8. The minimum absolute atomic E-state index is 0.285. The molecule has 1 fully saturated rings. The maximum absolute atomic E-state index is 10.8. The van der Waals surface area contributed by atoms with Crippen molar-refractivity contribution in [3.8, 4) is 0 Å². The van der Waals surface area contributed by atoms with Gasteiger partial charge in [-0.15, -0.1) is 0 Å². The van der Waals surface area contributed by atoms with Crippen LogP contribution in [-0.2, 0) is 4.79 Å². The summed E-state index contributed by atoms with van der Waals surface area (Å²) in [4.78, 5) is 10.8. The van der Waals surface area contributed by atoms with Gasteiger partial charge in [0, 0.05) is 12.5 Å². The number of nitrogens with two attached hydrogens (primary N) is 1. The Bertz CT molecular complexity index is 144. The number of rotatable bonds is 2. The van der Waals surface area contributed by atoms with Crippen molar-refractivity contribution in [1.82, 2.24) is 0 Å². The van der Waals surface area contributed by atoms with E-state index in [0.717, 1.165) is 12.8 Å². The van der Waals surface area contributed by atoms with Gasteiger partial charge in [-0.3, -0.25) is 0 Å². The maximum Gasteiger partial charge on any atom is 0.130 e. The average molecular weight is 155 g/mol. The zero-order valence-corrected chi connectivity index (χ0v) is 7.18. The number of hydrogen-bond donors (Lipinski definition) is 1. The molecule has 0 aromatic rings. The molecule has 0 unspecified atom stereocenters. The van der Waals surface area contributed by atoms with E-state index < -0.39 is 0 Å². The van der Waals surface area contributed by atoms with E-state index in [2.05, 4.69) is 0 Å². The van der Waals surface area contributed by atoms with Crippen LogP contribution in [0.3, 0.4) is 0 Å². The lowest BCUT2D eigenvalue weighted by atomic mass is 9.82. The molecule has 1 saturated carbocycles. The van der Waals surface area contributed by atoms with Crippen molar-refractivity contribution in [1.29, 1.82) is 0 Å². The van der Waals surface area contributed by atoms with Crippen molar-refractivity contribution in [2.45, 2.75) is 45.1 Å². The molecule has 2 atom stereocenters. The van der Waals surface area contributed by atoms with Crippen molar-refractivity contribution >= 4 is 5.78 Å². The molecule has 1 rings (SSSR count). The van der Waals surface area contributed by atoms with E-state index in [1.54, 1.807) is 6.92 Å². The summed E-state index contributed by atoms with van der Waals surface area (Å²) in [5.74, 6) is 0.758. The maximum atomic E-state index is 10.8. The van der Waals surface area contributed by atoms with Gasteiger partial charge in [-0.05, 0) is 25.7 Å². The molecule has 11 heavy (non-hydrogen) atoms. The molecule has 1 aliphatic rings. The zero-order valence-electron chi connectivity index (χ0n) is 7.18. The Balaban J connectivity index is 2.35. The Hall–Kier alpha value is -0.370. The van der Waals surface area contributed by atoms with Crippen LogP contribution >= 0.6 is 0 Å². The molecule has 64 valence electrons. The minimum Gasteiger partial charge on any atom is -0.327 e. The molecule has 0 aliphatic heterocycles. The molecule has 2 nitrogen and oxygen atoms in total. The summed E-state index contributed by atoms with van der Waals surface area (Å²) in [5, 5.41) is 0. The first-order valence-electron chi connectivity index (χ1n) is 4.45. The summed E-state index contributed by atoms with van der Waals surface area (Å²) in [6, 6.07) is 0.285. The molecule has 2 N–H and O–H groups in total. The summed E-state index contributed by atoms with van der Waals surface area (Å²) in [7, 11) is 0. The van der Waals surface area contributed by atoms with E-state index >= 15 is 0 Å². The summed E-state index contributed by atoms with van der Waals surface area (Å²) in [6.07, 6.45) is 5.46. The number of ketones is 1. The van der Waals surface area contributed by atoms with E-state index in [-0.39, 0.29) is 11.8 Å². The molecule has 2 heteroatoms. The summed E-state index contributed by atoms with van der Waals surface area (Å²) in [5.41, 5.74) is 5.88. The van der Waals surface area contributed by atoms with Crippen LogP contribution in [0.25, 0.3) is 0 Å². The van der Waals surface area contributed by atoms with Gasteiger partial charge in [0.15, 0.2) is 0 Å². The predicted molar refractivity (Wildman–Crippen MR) is 45.2 cm³/mol. The number of Topliss-reactive ketones (excluding diaryl/α,β-unsaturated/α-hetero) is 1. The van der Waals surface area contributed by atoms with Crippen LogP contribution in [0.1, 0.15) is 39.0 Å². The fourth-order valence-corrected chi connectivity index (χ4v) is 1.86. The van der Waals surface area contributed by atoms with Crippen molar-refractivity contribution < 1.29 is 4.79 Å². The van der Waals surface area contributed by atoms with Crippen LogP contribution in [0, 0.1) is 5.92 Å². The standard InChI is InChI=1S/C9H17NO/c1-7(11)6-8-4-2-3-5-9(8)10/h8-9H,2-6,10H2,1H3/t8-,9-/m1/s1. The third kappa shape index (κ3) is 2.62. The van der Waals surface area contributed by atoms with Gasteiger partial charge in [0.05, 0.1) is 0 Å². The second kappa shape index (κ2) is 3.86. The molecule has 0 aromatic heterocycles. The molecule has 0 bridgehead atoms. The third-order valence-electron chi connectivity index (χ3n) is 2.52. The second-order valence-electron chi connectivity index (χ2n) is 3.61. The third-order valence-corrected chi connectivity index (χ3v) is 2.52. The highest BCUT2D eigenvalue weighted by atomic mass is 16.1. The topological polar surface area (TPSA) is 43.1 Å². The number of carbonyl (C=O) groups is 1. The van der Waals surface area contributed by atoms with Crippen molar-refractivity contribution in [2.24, 2.45) is 11.7 Å². The van der Waals surface area contributed by atoms with Crippen LogP contribution < -0.4 is 5.73 Å². The lowest BCUT2D eigenvalue weighted by Gasteiger charge is -2.27. The first kappa shape index (κ1) is 8.72. The molecule has 1 aliphatic carbocycles. The Morgan fingerprint density at radius 2 is 2.09 bits per heavy atom. The van der Waals surface area contributed by atoms with Crippen LogP contribution in [0.15, 0.2) is 0 Å². The first-order valence-corrected chi connectivity index (χ1v) is 4.45. The molecule has 0 aromatic carbocycles. The average Bonchev–Trinajstić information content (AvgIpc) is 1.93. The first-order chi connectivity index (χ1) is 5.20. The Morgan fingerprint density at radius 1 is 1.45 bits per heavy atom. The van der Waals surface area contributed by atoms with Crippen LogP contribution in [0.4, 0.5) is 0 Å². The van der Waals surface area contributed by atoms with Gasteiger partial charge in [0.2, 0.25) is 0 Å².